The molecule has 0 radical (unpaired) electrons. The van der Waals surface area contributed by atoms with E-state index in [0.29, 0.717) is 5.92 Å². The van der Waals surface area contributed by atoms with Crippen molar-refractivity contribution in [1.82, 2.24) is 0 Å². The van der Waals surface area contributed by atoms with Gasteiger partial charge < -0.3 is 0 Å². The van der Waals surface area contributed by atoms with Crippen LogP contribution in [0.2, 0.25) is 0 Å². The van der Waals surface area contributed by atoms with Crippen molar-refractivity contribution >= 4 is 6.21 Å². The second kappa shape index (κ2) is 3.91. The Labute approximate surface area is 67.8 Å². The summed E-state index contributed by atoms with van der Waals surface area (Å²) in [4.78, 5) is 4.05. The average Bonchev–Trinajstić information content (AvgIpc) is 2.06. The van der Waals surface area contributed by atoms with Crippen LogP contribution in [0.5, 0.6) is 0 Å². The molecule has 0 aromatic rings. The number of allylic oxidation sites excluding steroid dienone is 5. The third-order valence-electron chi connectivity index (χ3n) is 1.72. The highest BCUT2D eigenvalue weighted by molar-refractivity contribution is 5.81. The fourth-order valence-electron chi connectivity index (χ4n) is 1.12. The van der Waals surface area contributed by atoms with Crippen LogP contribution in [0.3, 0.4) is 0 Å². The minimum absolute atomic E-state index is 0.433. The van der Waals surface area contributed by atoms with Crippen LogP contribution in [-0.4, -0.2) is 6.21 Å². The van der Waals surface area contributed by atoms with Crippen LogP contribution in [0.25, 0.3) is 0 Å². The first kappa shape index (κ1) is 7.99. The first-order valence-corrected chi connectivity index (χ1v) is 3.87. The Morgan fingerprint density at radius 1 is 1.45 bits per heavy atom. The summed E-state index contributed by atoms with van der Waals surface area (Å²) in [5, 5.41) is 0. The average molecular weight is 147 g/mol. The van der Waals surface area contributed by atoms with Gasteiger partial charge in [0, 0.05) is 18.3 Å². The number of rotatable bonds is 1. The Morgan fingerprint density at radius 2 is 2.27 bits per heavy atom. The van der Waals surface area contributed by atoms with Gasteiger partial charge in [0.1, 0.15) is 0 Å². The fourth-order valence-corrected chi connectivity index (χ4v) is 1.12. The molecule has 1 unspecified atom stereocenters. The molecule has 0 N–H and O–H groups in total. The van der Waals surface area contributed by atoms with Crippen molar-refractivity contribution in [3.63, 3.8) is 0 Å². The van der Waals surface area contributed by atoms with Crippen molar-refractivity contribution < 1.29 is 0 Å². The summed E-state index contributed by atoms with van der Waals surface area (Å²) in [5.41, 5.74) is 1.27. The number of nitrogens with zero attached hydrogens (tertiary/aromatic N) is 1. The van der Waals surface area contributed by atoms with Gasteiger partial charge in [0.25, 0.3) is 0 Å². The van der Waals surface area contributed by atoms with E-state index in [1.54, 1.807) is 0 Å². The lowest BCUT2D eigenvalue weighted by molar-refractivity contribution is 1.00. The lowest BCUT2D eigenvalue weighted by Gasteiger charge is -2.10. The van der Waals surface area contributed by atoms with Crippen LogP contribution in [0.1, 0.15) is 13.8 Å². The molecule has 0 aliphatic carbocycles. The Morgan fingerprint density at radius 3 is 2.91 bits per heavy atom. The highest BCUT2D eigenvalue weighted by Crippen LogP contribution is 2.15. The van der Waals surface area contributed by atoms with Crippen molar-refractivity contribution in [1.29, 1.82) is 0 Å². The van der Waals surface area contributed by atoms with Gasteiger partial charge in [-0.05, 0) is 19.4 Å². The van der Waals surface area contributed by atoms with Crippen LogP contribution >= 0.6 is 0 Å². The zero-order chi connectivity index (χ0) is 8.10. The number of aliphatic imine (C=N–C) groups is 1. The van der Waals surface area contributed by atoms with E-state index in [4.69, 9.17) is 0 Å². The summed E-state index contributed by atoms with van der Waals surface area (Å²) >= 11 is 0. The molecule has 1 heterocycles. The molecule has 0 amide bonds. The van der Waals surface area contributed by atoms with E-state index in [1.807, 2.05) is 26.3 Å². The second-order valence-corrected chi connectivity index (χ2v) is 2.46. The molecule has 0 saturated heterocycles. The maximum Gasteiger partial charge on any atom is 0.0305 e. The molecule has 0 aromatic carbocycles. The maximum atomic E-state index is 4.05. The third-order valence-corrected chi connectivity index (χ3v) is 1.72. The lowest BCUT2D eigenvalue weighted by Crippen LogP contribution is -2.01. The van der Waals surface area contributed by atoms with Crippen LogP contribution in [-0.2, 0) is 0 Å². The molecule has 0 spiro atoms. The van der Waals surface area contributed by atoms with E-state index in [2.05, 4.69) is 29.3 Å². The molecule has 1 atom stereocenters. The molecule has 0 saturated carbocycles. The predicted octanol–water partition coefficient (Wildman–Crippen LogP) is 2.72. The molecule has 0 bridgehead atoms. The quantitative estimate of drug-likeness (QED) is 0.506. The fraction of sp³-hybridized carbons (Fsp3) is 0.300. The minimum Gasteiger partial charge on any atom is -0.265 e. The van der Waals surface area contributed by atoms with Crippen LogP contribution in [0.4, 0.5) is 0 Å². The smallest absolute Gasteiger partial charge is 0.0305 e. The molecule has 58 valence electrons. The number of hydrogen-bond acceptors (Lipinski definition) is 1. The first-order valence-electron chi connectivity index (χ1n) is 3.87. The Balaban J connectivity index is 2.79. The van der Waals surface area contributed by atoms with Gasteiger partial charge in [0.2, 0.25) is 0 Å². The van der Waals surface area contributed by atoms with E-state index in [1.165, 1.54) is 5.57 Å². The summed E-state index contributed by atoms with van der Waals surface area (Å²) in [6.07, 6.45) is 12.2. The molecule has 1 heteroatoms. The summed E-state index contributed by atoms with van der Waals surface area (Å²) in [7, 11) is 0. The van der Waals surface area contributed by atoms with E-state index >= 15 is 0 Å². The van der Waals surface area contributed by atoms with Gasteiger partial charge in [-0.15, -0.1) is 0 Å². The SMILES string of the molecule is C/C=C\C1C=CN=C/C1=C/C. The van der Waals surface area contributed by atoms with Gasteiger partial charge in [-0.25, -0.2) is 0 Å². The maximum absolute atomic E-state index is 4.05. The van der Waals surface area contributed by atoms with Crippen molar-refractivity contribution in [2.75, 3.05) is 0 Å². The molecule has 1 nitrogen and oxygen atoms in total. The van der Waals surface area contributed by atoms with Gasteiger partial charge in [0.15, 0.2) is 0 Å². The Bertz CT molecular complexity index is 231. The predicted molar refractivity (Wildman–Crippen MR) is 49.7 cm³/mol. The molecular formula is C10H13N. The van der Waals surface area contributed by atoms with Gasteiger partial charge in [0.05, 0.1) is 0 Å². The summed E-state index contributed by atoms with van der Waals surface area (Å²) < 4.78 is 0. The van der Waals surface area contributed by atoms with Gasteiger partial charge >= 0.3 is 0 Å². The van der Waals surface area contributed by atoms with Crippen LogP contribution in [0.15, 0.2) is 41.1 Å². The summed E-state index contributed by atoms with van der Waals surface area (Å²) in [5.74, 6) is 0.433. The van der Waals surface area contributed by atoms with Crippen molar-refractivity contribution in [2.45, 2.75) is 13.8 Å². The van der Waals surface area contributed by atoms with E-state index < -0.39 is 0 Å². The van der Waals surface area contributed by atoms with E-state index in [9.17, 15) is 0 Å². The monoisotopic (exact) mass is 147 g/mol. The third kappa shape index (κ3) is 1.90. The first-order chi connectivity index (χ1) is 5.38. The minimum atomic E-state index is 0.433. The second-order valence-electron chi connectivity index (χ2n) is 2.46. The lowest BCUT2D eigenvalue weighted by atomic mass is 9.98. The zero-order valence-electron chi connectivity index (χ0n) is 6.99. The molecule has 1 rings (SSSR count). The molecular weight excluding hydrogens is 134 g/mol. The molecule has 0 fully saturated rings. The van der Waals surface area contributed by atoms with E-state index in [0.717, 1.165) is 0 Å². The van der Waals surface area contributed by atoms with Gasteiger partial charge in [-0.2, -0.15) is 0 Å². The largest absolute Gasteiger partial charge is 0.265 e. The topological polar surface area (TPSA) is 12.4 Å². The zero-order valence-corrected chi connectivity index (χ0v) is 6.99. The normalized spacial score (nSPS) is 27.1. The Kier molecular flexibility index (Phi) is 2.84. The van der Waals surface area contributed by atoms with Crippen LogP contribution in [0, 0.1) is 5.92 Å². The molecule has 1 aliphatic rings. The van der Waals surface area contributed by atoms with Crippen molar-refractivity contribution in [2.24, 2.45) is 10.9 Å². The Hall–Kier alpha value is -1.11. The van der Waals surface area contributed by atoms with Gasteiger partial charge in [-0.3, -0.25) is 4.99 Å². The van der Waals surface area contributed by atoms with Crippen molar-refractivity contribution in [3.8, 4) is 0 Å². The summed E-state index contributed by atoms with van der Waals surface area (Å²) in [6.45, 7) is 4.07. The highest BCUT2D eigenvalue weighted by atomic mass is 14.7. The van der Waals surface area contributed by atoms with Crippen LogP contribution < -0.4 is 0 Å². The van der Waals surface area contributed by atoms with E-state index in [-0.39, 0.29) is 0 Å². The van der Waals surface area contributed by atoms with Gasteiger partial charge in [-0.1, -0.05) is 24.3 Å². The highest BCUT2D eigenvalue weighted by Gasteiger charge is 2.05. The van der Waals surface area contributed by atoms with Crippen molar-refractivity contribution in [3.05, 3.63) is 36.1 Å². The summed E-state index contributed by atoms with van der Waals surface area (Å²) in [6, 6.07) is 0. The standard InChI is InChI=1S/C10H13N/c1-3-5-10-6-7-11-8-9(10)4-2/h3-8,10H,1-2H3/b5-3-,9-4-. The molecule has 1 aliphatic heterocycles. The molecule has 0 aromatic heterocycles. The molecule has 11 heavy (non-hydrogen) atoms. The number of hydrogen-bond donors (Lipinski definition) is 0.